The van der Waals surface area contributed by atoms with E-state index in [-0.39, 0.29) is 23.8 Å². The largest absolute Gasteiger partial charge is 0.396 e. The normalized spacial score (nSPS) is 23.0. The fraction of sp³-hybridized carbons (Fsp3) is 0.474. The maximum Gasteiger partial charge on any atom is 0.273 e. The summed E-state index contributed by atoms with van der Waals surface area (Å²) in [6.07, 6.45) is 3.74. The molecule has 2 aliphatic rings. The Bertz CT molecular complexity index is 750. The number of aliphatic hydroxyl groups is 1. The standard InChI is InChI=1S/C19H23N3O2/c23-12-15-11-22(13-19(15)6-9-20-10-7-19)18(24)17-16-4-2-1-3-14(16)5-8-21-17/h1-5,8,15,20,23H,6-7,9-13H2. The number of amides is 1. The highest BCUT2D eigenvalue weighted by molar-refractivity contribution is 6.05. The molecule has 5 nitrogen and oxygen atoms in total. The molecule has 2 aromatic rings. The summed E-state index contributed by atoms with van der Waals surface area (Å²) < 4.78 is 0. The number of aromatic nitrogens is 1. The van der Waals surface area contributed by atoms with E-state index in [4.69, 9.17) is 0 Å². The third-order valence-electron chi connectivity index (χ3n) is 5.80. The summed E-state index contributed by atoms with van der Waals surface area (Å²) in [5.74, 6) is 0.152. The average molecular weight is 325 g/mol. The molecule has 0 radical (unpaired) electrons. The van der Waals surface area contributed by atoms with E-state index in [0.29, 0.717) is 12.2 Å². The average Bonchev–Trinajstić information content (AvgIpc) is 2.99. The first-order valence-corrected chi connectivity index (χ1v) is 8.68. The van der Waals surface area contributed by atoms with Gasteiger partial charge < -0.3 is 15.3 Å². The number of carbonyl (C=O) groups is 1. The molecule has 2 aliphatic heterocycles. The first kappa shape index (κ1) is 15.5. The van der Waals surface area contributed by atoms with Gasteiger partial charge in [0.2, 0.25) is 0 Å². The van der Waals surface area contributed by atoms with Crippen molar-refractivity contribution in [2.75, 3.05) is 32.8 Å². The van der Waals surface area contributed by atoms with Crippen LogP contribution in [0.25, 0.3) is 10.8 Å². The molecule has 5 heteroatoms. The lowest BCUT2D eigenvalue weighted by molar-refractivity contribution is 0.0752. The molecule has 126 valence electrons. The van der Waals surface area contributed by atoms with E-state index in [2.05, 4.69) is 10.3 Å². The van der Waals surface area contributed by atoms with Gasteiger partial charge in [0, 0.05) is 37.2 Å². The molecule has 1 aromatic carbocycles. The zero-order valence-corrected chi connectivity index (χ0v) is 13.7. The fourth-order valence-corrected chi connectivity index (χ4v) is 4.37. The molecule has 2 fully saturated rings. The third kappa shape index (κ3) is 2.48. The summed E-state index contributed by atoms with van der Waals surface area (Å²) >= 11 is 0. The van der Waals surface area contributed by atoms with Crippen molar-refractivity contribution >= 4 is 16.7 Å². The van der Waals surface area contributed by atoms with Crippen molar-refractivity contribution < 1.29 is 9.90 Å². The molecule has 2 N–H and O–H groups in total. The lowest BCUT2D eigenvalue weighted by Crippen LogP contribution is -2.43. The van der Waals surface area contributed by atoms with Crippen molar-refractivity contribution in [3.8, 4) is 0 Å². The highest BCUT2D eigenvalue weighted by Crippen LogP contribution is 2.43. The molecule has 0 bridgehead atoms. The van der Waals surface area contributed by atoms with E-state index in [9.17, 15) is 9.90 Å². The first-order chi connectivity index (χ1) is 11.7. The van der Waals surface area contributed by atoms with Crippen molar-refractivity contribution in [1.82, 2.24) is 15.2 Å². The van der Waals surface area contributed by atoms with Crippen LogP contribution in [0.2, 0.25) is 0 Å². The lowest BCUT2D eigenvalue weighted by Gasteiger charge is -2.37. The first-order valence-electron chi connectivity index (χ1n) is 8.68. The highest BCUT2D eigenvalue weighted by atomic mass is 16.3. The number of rotatable bonds is 2. The van der Waals surface area contributed by atoms with Crippen LogP contribution in [0.4, 0.5) is 0 Å². The molecular weight excluding hydrogens is 302 g/mol. The smallest absolute Gasteiger partial charge is 0.273 e. The van der Waals surface area contributed by atoms with Crippen LogP contribution in [0.15, 0.2) is 36.5 Å². The quantitative estimate of drug-likeness (QED) is 0.881. The Morgan fingerprint density at radius 1 is 1.29 bits per heavy atom. The van der Waals surface area contributed by atoms with Crippen LogP contribution in [-0.2, 0) is 0 Å². The summed E-state index contributed by atoms with van der Waals surface area (Å²) in [5.41, 5.74) is 0.580. The second-order valence-electron chi connectivity index (χ2n) is 7.06. The van der Waals surface area contributed by atoms with Gasteiger partial charge >= 0.3 is 0 Å². The topological polar surface area (TPSA) is 65.5 Å². The molecule has 1 aromatic heterocycles. The minimum absolute atomic E-state index is 0.0133. The molecule has 24 heavy (non-hydrogen) atoms. The molecule has 3 heterocycles. The number of benzene rings is 1. The Morgan fingerprint density at radius 3 is 2.88 bits per heavy atom. The van der Waals surface area contributed by atoms with Crippen molar-refractivity contribution in [3.05, 3.63) is 42.2 Å². The van der Waals surface area contributed by atoms with E-state index in [1.54, 1.807) is 6.20 Å². The van der Waals surface area contributed by atoms with Crippen LogP contribution >= 0.6 is 0 Å². The van der Waals surface area contributed by atoms with Gasteiger partial charge in [0.25, 0.3) is 5.91 Å². The minimum atomic E-state index is -0.0133. The van der Waals surface area contributed by atoms with Crippen LogP contribution in [0.1, 0.15) is 23.3 Å². The van der Waals surface area contributed by atoms with Gasteiger partial charge in [-0.15, -0.1) is 0 Å². The molecule has 2 saturated heterocycles. The van der Waals surface area contributed by atoms with E-state index in [0.717, 1.165) is 43.2 Å². The third-order valence-corrected chi connectivity index (χ3v) is 5.80. The van der Waals surface area contributed by atoms with Gasteiger partial charge in [0.05, 0.1) is 0 Å². The van der Waals surface area contributed by atoms with Crippen molar-refractivity contribution in [2.24, 2.45) is 11.3 Å². The number of hydrogen-bond donors (Lipinski definition) is 2. The SMILES string of the molecule is O=C(c1nccc2ccccc12)N1CC(CO)C2(CCNCC2)C1. The van der Waals surface area contributed by atoms with Crippen molar-refractivity contribution in [3.63, 3.8) is 0 Å². The zero-order valence-electron chi connectivity index (χ0n) is 13.7. The predicted octanol–water partition coefficient (Wildman–Crippen LogP) is 1.67. The number of nitrogens with one attached hydrogen (secondary N) is 1. The predicted molar refractivity (Wildman–Crippen MR) is 92.8 cm³/mol. The number of hydrogen-bond acceptors (Lipinski definition) is 4. The van der Waals surface area contributed by atoms with Gasteiger partial charge in [0.15, 0.2) is 0 Å². The molecule has 1 amide bonds. The number of fused-ring (bicyclic) bond motifs is 1. The van der Waals surface area contributed by atoms with Crippen molar-refractivity contribution in [1.29, 1.82) is 0 Å². The molecule has 0 saturated carbocycles. The maximum atomic E-state index is 13.1. The van der Waals surface area contributed by atoms with Crippen LogP contribution in [0, 0.1) is 11.3 Å². The van der Waals surface area contributed by atoms with Gasteiger partial charge in [-0.1, -0.05) is 24.3 Å². The summed E-state index contributed by atoms with van der Waals surface area (Å²) in [6.45, 7) is 3.42. The second-order valence-corrected chi connectivity index (χ2v) is 7.06. The van der Waals surface area contributed by atoms with Crippen LogP contribution in [0.5, 0.6) is 0 Å². The Morgan fingerprint density at radius 2 is 2.08 bits per heavy atom. The molecule has 1 unspecified atom stereocenters. The van der Waals surface area contributed by atoms with E-state index < -0.39 is 0 Å². The fourth-order valence-electron chi connectivity index (χ4n) is 4.37. The van der Waals surface area contributed by atoms with Gasteiger partial charge in [-0.25, -0.2) is 0 Å². The highest BCUT2D eigenvalue weighted by Gasteiger charge is 2.48. The molecule has 1 spiro atoms. The number of nitrogens with zero attached hydrogens (tertiary/aromatic N) is 2. The number of piperidine rings is 1. The van der Waals surface area contributed by atoms with Crippen molar-refractivity contribution in [2.45, 2.75) is 12.8 Å². The Kier molecular flexibility index (Phi) is 3.98. The number of likely N-dealkylation sites (tertiary alicyclic amines) is 1. The Labute approximate surface area is 141 Å². The molecule has 1 atom stereocenters. The van der Waals surface area contributed by atoms with E-state index in [1.807, 2.05) is 35.2 Å². The van der Waals surface area contributed by atoms with Crippen LogP contribution < -0.4 is 5.32 Å². The summed E-state index contributed by atoms with van der Waals surface area (Å²) in [4.78, 5) is 19.4. The van der Waals surface area contributed by atoms with E-state index >= 15 is 0 Å². The zero-order chi connectivity index (χ0) is 16.6. The van der Waals surface area contributed by atoms with Gasteiger partial charge in [-0.2, -0.15) is 0 Å². The van der Waals surface area contributed by atoms with Gasteiger partial charge in [0.1, 0.15) is 5.69 Å². The summed E-state index contributed by atoms with van der Waals surface area (Å²) in [5, 5.41) is 15.2. The van der Waals surface area contributed by atoms with Crippen LogP contribution in [-0.4, -0.2) is 53.7 Å². The molecule has 4 rings (SSSR count). The second kappa shape index (κ2) is 6.15. The van der Waals surface area contributed by atoms with Gasteiger partial charge in [-0.05, 0) is 42.8 Å². The number of pyridine rings is 1. The Hall–Kier alpha value is -1.98. The Balaban J connectivity index is 1.65. The minimum Gasteiger partial charge on any atom is -0.396 e. The van der Waals surface area contributed by atoms with Gasteiger partial charge in [-0.3, -0.25) is 9.78 Å². The molecular formula is C19H23N3O2. The summed E-state index contributed by atoms with van der Waals surface area (Å²) in [6, 6.07) is 9.80. The monoisotopic (exact) mass is 325 g/mol. The van der Waals surface area contributed by atoms with Crippen LogP contribution in [0.3, 0.4) is 0 Å². The molecule has 0 aliphatic carbocycles. The summed E-state index contributed by atoms with van der Waals surface area (Å²) in [7, 11) is 0. The lowest BCUT2D eigenvalue weighted by atomic mass is 9.71. The number of carbonyl (C=O) groups excluding carboxylic acids is 1. The number of aliphatic hydroxyl groups excluding tert-OH is 1. The van der Waals surface area contributed by atoms with E-state index in [1.165, 1.54) is 0 Å². The maximum absolute atomic E-state index is 13.1.